The summed E-state index contributed by atoms with van der Waals surface area (Å²) in [4.78, 5) is 25.5. The smallest absolute Gasteiger partial charge is 0.234 e. The summed E-state index contributed by atoms with van der Waals surface area (Å²) in [5.41, 5.74) is 0.915. The molecule has 0 aliphatic rings. The summed E-state index contributed by atoms with van der Waals surface area (Å²) in [6, 6.07) is 11.0. The van der Waals surface area contributed by atoms with E-state index in [0.717, 1.165) is 12.0 Å². The van der Waals surface area contributed by atoms with Crippen LogP contribution in [0.3, 0.4) is 0 Å². The van der Waals surface area contributed by atoms with Crippen LogP contribution in [0.4, 0.5) is 0 Å². The van der Waals surface area contributed by atoms with Crippen molar-refractivity contribution in [2.24, 2.45) is 0 Å². The number of methoxy groups -OCH3 is 1. The van der Waals surface area contributed by atoms with Gasteiger partial charge in [0.1, 0.15) is 11.5 Å². The number of benzene rings is 1. The number of ether oxygens (including phenoxy) is 1. The predicted molar refractivity (Wildman–Crippen MR) is 108 cm³/mol. The molecule has 0 spiro atoms. The minimum atomic E-state index is -0.181. The molecule has 0 saturated heterocycles. The molecule has 1 heterocycles. The Morgan fingerprint density at radius 2 is 1.75 bits per heavy atom. The maximum atomic E-state index is 12.1. The van der Waals surface area contributed by atoms with Crippen LogP contribution in [-0.2, 0) is 20.9 Å². The van der Waals surface area contributed by atoms with Gasteiger partial charge in [0.25, 0.3) is 0 Å². The molecule has 1 aromatic carbocycles. The largest absolute Gasteiger partial charge is 0.459 e. The Morgan fingerprint density at radius 3 is 2.43 bits per heavy atom. The van der Waals surface area contributed by atoms with E-state index in [-0.39, 0.29) is 31.4 Å². The number of hydrogen-bond donors (Lipinski definition) is 2. The molecular weight excluding hydrogens is 382 g/mol. The van der Waals surface area contributed by atoms with Gasteiger partial charge in [0.15, 0.2) is 0 Å². The molecule has 0 atom stereocenters. The third-order valence-electron chi connectivity index (χ3n) is 3.92. The second kappa shape index (κ2) is 11.5. The fourth-order valence-electron chi connectivity index (χ4n) is 2.53. The molecule has 0 fully saturated rings. The number of rotatable bonds is 11. The number of likely N-dealkylation sites (N-methyl/N-ethyl adjacent to an activating group) is 1. The van der Waals surface area contributed by atoms with E-state index in [9.17, 15) is 9.59 Å². The number of amides is 2. The van der Waals surface area contributed by atoms with Crippen molar-refractivity contribution < 1.29 is 18.7 Å². The van der Waals surface area contributed by atoms with Gasteiger partial charge in [-0.15, -0.1) is 0 Å². The summed E-state index contributed by atoms with van der Waals surface area (Å²) in [5.74, 6) is 1.06. The quantitative estimate of drug-likeness (QED) is 0.558. The van der Waals surface area contributed by atoms with Gasteiger partial charge in [-0.05, 0) is 49.9 Å². The average molecular weight is 408 g/mol. The minimum Gasteiger partial charge on any atom is -0.459 e. The van der Waals surface area contributed by atoms with Crippen molar-refractivity contribution in [3.8, 4) is 11.3 Å². The lowest BCUT2D eigenvalue weighted by Gasteiger charge is -2.15. The van der Waals surface area contributed by atoms with Gasteiger partial charge in [0, 0.05) is 30.8 Å². The summed E-state index contributed by atoms with van der Waals surface area (Å²) in [7, 11) is 3.34. The van der Waals surface area contributed by atoms with Gasteiger partial charge >= 0.3 is 0 Å². The molecule has 0 bridgehead atoms. The van der Waals surface area contributed by atoms with Gasteiger partial charge < -0.3 is 19.8 Å². The standard InChI is InChI=1S/C20H26ClN3O4/c1-24(13-19(25)22-10-3-11-27-2)14-20(26)23-12-17-8-9-18(28-17)15-4-6-16(21)7-5-15/h4-9H,3,10-14H2,1-2H3,(H,22,25)(H,23,26). The molecule has 152 valence electrons. The van der Waals surface area contributed by atoms with Crippen molar-refractivity contribution in [3.05, 3.63) is 47.2 Å². The second-order valence-corrected chi connectivity index (χ2v) is 6.85. The molecule has 1 aromatic heterocycles. The number of carbonyl (C=O) groups is 2. The Hall–Kier alpha value is -2.35. The predicted octanol–water partition coefficient (Wildman–Crippen LogP) is 2.30. The van der Waals surface area contributed by atoms with E-state index in [4.69, 9.17) is 20.8 Å². The first-order valence-corrected chi connectivity index (χ1v) is 9.41. The normalized spacial score (nSPS) is 10.9. The molecule has 28 heavy (non-hydrogen) atoms. The Labute approximate surface area is 170 Å². The number of hydrogen-bond acceptors (Lipinski definition) is 5. The molecule has 2 rings (SSSR count). The minimum absolute atomic E-state index is 0.120. The highest BCUT2D eigenvalue weighted by molar-refractivity contribution is 6.30. The zero-order chi connectivity index (χ0) is 20.4. The second-order valence-electron chi connectivity index (χ2n) is 6.42. The van der Waals surface area contributed by atoms with Crippen LogP contribution < -0.4 is 10.6 Å². The van der Waals surface area contributed by atoms with Crippen molar-refractivity contribution in [2.45, 2.75) is 13.0 Å². The zero-order valence-electron chi connectivity index (χ0n) is 16.2. The number of carbonyl (C=O) groups excluding carboxylic acids is 2. The lowest BCUT2D eigenvalue weighted by atomic mass is 10.2. The van der Waals surface area contributed by atoms with E-state index in [1.807, 2.05) is 24.3 Å². The molecule has 2 amide bonds. The Morgan fingerprint density at radius 1 is 1.07 bits per heavy atom. The lowest BCUT2D eigenvalue weighted by molar-refractivity contribution is -0.124. The van der Waals surface area contributed by atoms with Crippen LogP contribution in [0.25, 0.3) is 11.3 Å². The van der Waals surface area contributed by atoms with E-state index in [1.54, 1.807) is 31.2 Å². The fourth-order valence-corrected chi connectivity index (χ4v) is 2.66. The van der Waals surface area contributed by atoms with Gasteiger partial charge in [0.05, 0.1) is 19.6 Å². The van der Waals surface area contributed by atoms with Crippen LogP contribution in [0.2, 0.25) is 5.02 Å². The van der Waals surface area contributed by atoms with E-state index in [2.05, 4.69) is 10.6 Å². The highest BCUT2D eigenvalue weighted by Crippen LogP contribution is 2.23. The molecule has 7 nitrogen and oxygen atoms in total. The van der Waals surface area contributed by atoms with Gasteiger partial charge in [-0.2, -0.15) is 0 Å². The van der Waals surface area contributed by atoms with Gasteiger partial charge in [0.2, 0.25) is 11.8 Å². The molecule has 8 heteroatoms. The van der Waals surface area contributed by atoms with E-state index < -0.39 is 0 Å². The topological polar surface area (TPSA) is 83.8 Å². The molecule has 0 aliphatic carbocycles. The van der Waals surface area contributed by atoms with Crippen molar-refractivity contribution in [3.63, 3.8) is 0 Å². The molecule has 0 radical (unpaired) electrons. The summed E-state index contributed by atoms with van der Waals surface area (Å²) in [5, 5.41) is 6.24. The summed E-state index contributed by atoms with van der Waals surface area (Å²) >= 11 is 5.89. The molecule has 0 saturated carbocycles. The number of halogens is 1. The van der Waals surface area contributed by atoms with Crippen LogP contribution in [0.1, 0.15) is 12.2 Å². The van der Waals surface area contributed by atoms with E-state index in [0.29, 0.717) is 29.7 Å². The Kier molecular flexibility index (Phi) is 9.00. The Bertz CT molecular complexity index is 761. The van der Waals surface area contributed by atoms with Crippen LogP contribution in [0.15, 0.2) is 40.8 Å². The first-order chi connectivity index (χ1) is 13.5. The molecular formula is C20H26ClN3O4. The molecule has 2 N–H and O–H groups in total. The SMILES string of the molecule is COCCCNC(=O)CN(C)CC(=O)NCc1ccc(-c2ccc(Cl)cc2)o1. The van der Waals surface area contributed by atoms with Crippen molar-refractivity contribution in [1.82, 2.24) is 15.5 Å². The van der Waals surface area contributed by atoms with Crippen LogP contribution in [-0.4, -0.2) is 57.1 Å². The van der Waals surface area contributed by atoms with Crippen molar-refractivity contribution in [1.29, 1.82) is 0 Å². The maximum Gasteiger partial charge on any atom is 0.234 e. The first kappa shape index (κ1) is 21.9. The highest BCUT2D eigenvalue weighted by Gasteiger charge is 2.11. The van der Waals surface area contributed by atoms with Gasteiger partial charge in [-0.1, -0.05) is 11.6 Å². The van der Waals surface area contributed by atoms with Crippen molar-refractivity contribution >= 4 is 23.4 Å². The van der Waals surface area contributed by atoms with Gasteiger partial charge in [-0.25, -0.2) is 0 Å². The summed E-state index contributed by atoms with van der Waals surface area (Å²) in [6.45, 7) is 1.72. The lowest BCUT2D eigenvalue weighted by Crippen LogP contribution is -2.41. The molecule has 0 aliphatic heterocycles. The molecule has 0 unspecified atom stereocenters. The summed E-state index contributed by atoms with van der Waals surface area (Å²) in [6.07, 6.45) is 0.758. The van der Waals surface area contributed by atoms with E-state index in [1.165, 1.54) is 0 Å². The monoisotopic (exact) mass is 407 g/mol. The zero-order valence-corrected chi connectivity index (χ0v) is 16.9. The number of nitrogens with one attached hydrogen (secondary N) is 2. The number of nitrogens with zero attached hydrogens (tertiary/aromatic N) is 1. The Balaban J connectivity index is 1.70. The van der Waals surface area contributed by atoms with Crippen LogP contribution in [0.5, 0.6) is 0 Å². The fraction of sp³-hybridized carbons (Fsp3) is 0.400. The number of furan rings is 1. The van der Waals surface area contributed by atoms with Crippen LogP contribution in [0, 0.1) is 0 Å². The third kappa shape index (κ3) is 7.72. The summed E-state index contributed by atoms with van der Waals surface area (Å²) < 4.78 is 10.7. The third-order valence-corrected chi connectivity index (χ3v) is 4.18. The van der Waals surface area contributed by atoms with E-state index >= 15 is 0 Å². The molecule has 2 aromatic rings. The average Bonchev–Trinajstić information content (AvgIpc) is 3.13. The highest BCUT2D eigenvalue weighted by atomic mass is 35.5. The van der Waals surface area contributed by atoms with Crippen LogP contribution >= 0.6 is 11.6 Å². The maximum absolute atomic E-state index is 12.1. The van der Waals surface area contributed by atoms with Gasteiger partial charge in [-0.3, -0.25) is 14.5 Å². The first-order valence-electron chi connectivity index (χ1n) is 9.03. The van der Waals surface area contributed by atoms with Crippen molar-refractivity contribution in [2.75, 3.05) is 40.4 Å².